The van der Waals surface area contributed by atoms with Gasteiger partial charge in [0.2, 0.25) is 5.91 Å². The molecule has 1 aromatic rings. The summed E-state index contributed by atoms with van der Waals surface area (Å²) in [7, 11) is 0. The molecule has 2 heterocycles. The molecular weight excluding hydrogens is 214 g/mol. The zero-order valence-corrected chi connectivity index (χ0v) is 10.6. The fourth-order valence-corrected chi connectivity index (χ4v) is 1.84. The molecule has 2 rings (SSSR count). The molecule has 0 aliphatic carbocycles. The zero-order chi connectivity index (χ0) is 12.7. The van der Waals surface area contributed by atoms with Gasteiger partial charge in [-0.3, -0.25) is 9.78 Å². The van der Waals surface area contributed by atoms with E-state index in [4.69, 9.17) is 5.73 Å². The fourth-order valence-electron chi connectivity index (χ4n) is 1.84. The minimum absolute atomic E-state index is 0.0144. The molecule has 1 aromatic heterocycles. The Balaban J connectivity index is 0.000000686. The summed E-state index contributed by atoms with van der Waals surface area (Å²) in [5, 5.41) is 0. The molecule has 4 heteroatoms. The molecule has 0 saturated carbocycles. The molecule has 1 unspecified atom stereocenters. The molecule has 0 bridgehead atoms. The van der Waals surface area contributed by atoms with Crippen LogP contribution in [0.15, 0.2) is 24.5 Å². The molecule has 2 N–H and O–H groups in total. The van der Waals surface area contributed by atoms with Crippen LogP contribution in [-0.2, 0) is 4.79 Å². The normalized spacial score (nSPS) is 20.3. The standard InChI is InChI=1S/C11H15N3O.C2H6/c12-10-5-1-2-7-14(11(10)15)9-4-3-6-13-8-9;1-2/h3-4,6,8,10H,1-2,5,7,12H2;1-2H3. The van der Waals surface area contributed by atoms with Crippen molar-refractivity contribution in [1.29, 1.82) is 0 Å². The molecule has 1 aliphatic heterocycles. The third kappa shape index (κ3) is 3.53. The van der Waals surface area contributed by atoms with Crippen molar-refractivity contribution in [2.75, 3.05) is 11.4 Å². The van der Waals surface area contributed by atoms with Crippen molar-refractivity contribution in [2.24, 2.45) is 5.73 Å². The van der Waals surface area contributed by atoms with E-state index < -0.39 is 0 Å². The Hall–Kier alpha value is -1.42. The maximum absolute atomic E-state index is 11.9. The van der Waals surface area contributed by atoms with E-state index in [0.29, 0.717) is 0 Å². The van der Waals surface area contributed by atoms with Gasteiger partial charge in [0, 0.05) is 12.7 Å². The molecular formula is C13H21N3O. The van der Waals surface area contributed by atoms with E-state index >= 15 is 0 Å². The van der Waals surface area contributed by atoms with Gasteiger partial charge in [-0.1, -0.05) is 13.8 Å². The number of nitrogens with zero attached hydrogens (tertiary/aromatic N) is 2. The lowest BCUT2D eigenvalue weighted by Crippen LogP contribution is -2.42. The van der Waals surface area contributed by atoms with Crippen LogP contribution < -0.4 is 10.6 Å². The Kier molecular flexibility index (Phi) is 5.63. The molecule has 4 nitrogen and oxygen atoms in total. The zero-order valence-electron chi connectivity index (χ0n) is 10.6. The van der Waals surface area contributed by atoms with Crippen molar-refractivity contribution in [2.45, 2.75) is 39.2 Å². The highest BCUT2D eigenvalue weighted by atomic mass is 16.2. The summed E-state index contributed by atoms with van der Waals surface area (Å²) in [5.41, 5.74) is 6.64. The van der Waals surface area contributed by atoms with E-state index in [0.717, 1.165) is 31.5 Å². The number of nitrogens with two attached hydrogens (primary N) is 1. The van der Waals surface area contributed by atoms with Crippen molar-refractivity contribution in [3.05, 3.63) is 24.5 Å². The molecule has 94 valence electrons. The van der Waals surface area contributed by atoms with Gasteiger partial charge in [-0.15, -0.1) is 0 Å². The average molecular weight is 235 g/mol. The number of hydrogen-bond acceptors (Lipinski definition) is 3. The second kappa shape index (κ2) is 7.01. The first-order valence-corrected chi connectivity index (χ1v) is 6.26. The van der Waals surface area contributed by atoms with Crippen molar-refractivity contribution < 1.29 is 4.79 Å². The summed E-state index contributed by atoms with van der Waals surface area (Å²) in [6.07, 6.45) is 6.22. The highest BCUT2D eigenvalue weighted by Crippen LogP contribution is 2.18. The molecule has 1 atom stereocenters. The number of pyridine rings is 1. The lowest BCUT2D eigenvalue weighted by Gasteiger charge is -2.22. The van der Waals surface area contributed by atoms with Gasteiger partial charge in [0.25, 0.3) is 0 Å². The van der Waals surface area contributed by atoms with E-state index in [-0.39, 0.29) is 11.9 Å². The van der Waals surface area contributed by atoms with Crippen LogP contribution in [0.5, 0.6) is 0 Å². The van der Waals surface area contributed by atoms with E-state index in [1.165, 1.54) is 0 Å². The lowest BCUT2D eigenvalue weighted by molar-refractivity contribution is -0.119. The topological polar surface area (TPSA) is 59.2 Å². The number of rotatable bonds is 1. The number of anilines is 1. The number of hydrogen-bond donors (Lipinski definition) is 1. The van der Waals surface area contributed by atoms with Crippen LogP contribution in [-0.4, -0.2) is 23.5 Å². The predicted octanol–water partition coefficient (Wildman–Crippen LogP) is 1.95. The first kappa shape index (κ1) is 13.6. The lowest BCUT2D eigenvalue weighted by atomic mass is 10.1. The van der Waals surface area contributed by atoms with Gasteiger partial charge in [0.05, 0.1) is 17.9 Å². The van der Waals surface area contributed by atoms with Gasteiger partial charge < -0.3 is 10.6 Å². The Morgan fingerprint density at radius 2 is 2.18 bits per heavy atom. The molecule has 0 aromatic carbocycles. The van der Waals surface area contributed by atoms with Gasteiger partial charge >= 0.3 is 0 Å². The third-order valence-corrected chi connectivity index (χ3v) is 2.69. The molecule has 1 saturated heterocycles. The highest BCUT2D eigenvalue weighted by Gasteiger charge is 2.24. The van der Waals surface area contributed by atoms with Gasteiger partial charge in [-0.05, 0) is 31.4 Å². The van der Waals surface area contributed by atoms with Crippen LogP contribution >= 0.6 is 0 Å². The van der Waals surface area contributed by atoms with Crippen LogP contribution in [0, 0.1) is 0 Å². The Labute approximate surface area is 103 Å². The van der Waals surface area contributed by atoms with Crippen LogP contribution in [0.4, 0.5) is 5.69 Å². The molecule has 1 aliphatic rings. The maximum atomic E-state index is 11.9. The van der Waals surface area contributed by atoms with Gasteiger partial charge in [-0.25, -0.2) is 0 Å². The summed E-state index contributed by atoms with van der Waals surface area (Å²) in [4.78, 5) is 17.7. The Morgan fingerprint density at radius 3 is 2.82 bits per heavy atom. The van der Waals surface area contributed by atoms with Crippen molar-refractivity contribution in [1.82, 2.24) is 4.98 Å². The average Bonchev–Trinajstić information content (AvgIpc) is 2.56. The van der Waals surface area contributed by atoms with Crippen LogP contribution in [0.2, 0.25) is 0 Å². The van der Waals surface area contributed by atoms with Crippen LogP contribution in [0.3, 0.4) is 0 Å². The monoisotopic (exact) mass is 235 g/mol. The molecule has 0 spiro atoms. The Morgan fingerprint density at radius 1 is 1.41 bits per heavy atom. The van der Waals surface area contributed by atoms with Crippen molar-refractivity contribution in [3.8, 4) is 0 Å². The van der Waals surface area contributed by atoms with Crippen molar-refractivity contribution >= 4 is 11.6 Å². The quantitative estimate of drug-likeness (QED) is 0.809. The second-order valence-electron chi connectivity index (χ2n) is 3.80. The highest BCUT2D eigenvalue weighted by molar-refractivity contribution is 5.97. The van der Waals surface area contributed by atoms with Gasteiger partial charge in [-0.2, -0.15) is 0 Å². The Bertz CT molecular complexity index is 340. The van der Waals surface area contributed by atoms with Crippen LogP contribution in [0.1, 0.15) is 33.1 Å². The van der Waals surface area contributed by atoms with Gasteiger partial charge in [0.1, 0.15) is 0 Å². The van der Waals surface area contributed by atoms with E-state index in [1.54, 1.807) is 17.3 Å². The number of carbonyl (C=O) groups is 1. The number of carbonyl (C=O) groups excluding carboxylic acids is 1. The van der Waals surface area contributed by atoms with E-state index in [1.807, 2.05) is 26.0 Å². The van der Waals surface area contributed by atoms with Crippen molar-refractivity contribution in [3.63, 3.8) is 0 Å². The molecule has 0 radical (unpaired) electrons. The third-order valence-electron chi connectivity index (χ3n) is 2.69. The maximum Gasteiger partial charge on any atom is 0.243 e. The SMILES string of the molecule is CC.NC1CCCCN(c2cccnc2)C1=O. The first-order chi connectivity index (χ1) is 8.29. The predicted molar refractivity (Wildman–Crippen MR) is 69.8 cm³/mol. The minimum atomic E-state index is -0.354. The minimum Gasteiger partial charge on any atom is -0.320 e. The van der Waals surface area contributed by atoms with E-state index in [2.05, 4.69) is 4.98 Å². The molecule has 17 heavy (non-hydrogen) atoms. The summed E-state index contributed by atoms with van der Waals surface area (Å²) >= 11 is 0. The number of aromatic nitrogens is 1. The van der Waals surface area contributed by atoms with Gasteiger partial charge in [0.15, 0.2) is 0 Å². The first-order valence-electron chi connectivity index (χ1n) is 6.26. The summed E-state index contributed by atoms with van der Waals surface area (Å²) in [6.45, 7) is 4.75. The summed E-state index contributed by atoms with van der Waals surface area (Å²) < 4.78 is 0. The second-order valence-corrected chi connectivity index (χ2v) is 3.80. The molecule has 1 amide bonds. The van der Waals surface area contributed by atoms with E-state index in [9.17, 15) is 4.79 Å². The molecule has 1 fully saturated rings. The summed E-state index contributed by atoms with van der Waals surface area (Å²) in [5.74, 6) is 0.0144. The smallest absolute Gasteiger partial charge is 0.243 e. The number of amides is 1. The summed E-state index contributed by atoms with van der Waals surface area (Å²) in [6, 6.07) is 3.37. The fraction of sp³-hybridized carbons (Fsp3) is 0.538. The largest absolute Gasteiger partial charge is 0.320 e. The van der Waals surface area contributed by atoms with Crippen LogP contribution in [0.25, 0.3) is 0 Å².